The molecule has 0 unspecified atom stereocenters. The molecule has 0 radical (unpaired) electrons. The number of fused-ring (bicyclic) bond motifs is 1. The number of aryl methyl sites for hydroxylation is 2. The van der Waals surface area contributed by atoms with Crippen molar-refractivity contribution in [1.82, 2.24) is 9.80 Å². The van der Waals surface area contributed by atoms with E-state index in [-0.39, 0.29) is 30.4 Å². The molecule has 3 aromatic rings. The molecule has 0 saturated heterocycles. The largest absolute Gasteiger partial charge is 0.491 e. The Hall–Kier alpha value is -3.12. The van der Waals surface area contributed by atoms with Crippen LogP contribution in [0, 0.1) is 13.8 Å². The van der Waals surface area contributed by atoms with Crippen LogP contribution in [0.2, 0.25) is 0 Å². The van der Waals surface area contributed by atoms with Crippen molar-refractivity contribution in [1.29, 1.82) is 0 Å². The van der Waals surface area contributed by atoms with Crippen molar-refractivity contribution >= 4 is 23.2 Å². The van der Waals surface area contributed by atoms with Crippen LogP contribution in [0.25, 0.3) is 0 Å². The maximum atomic E-state index is 13.6. The Labute approximate surface area is 205 Å². The summed E-state index contributed by atoms with van der Waals surface area (Å²) < 4.78 is 6.13. The van der Waals surface area contributed by atoms with E-state index in [9.17, 15) is 9.59 Å². The van der Waals surface area contributed by atoms with E-state index in [4.69, 9.17) is 4.74 Å². The number of benzene rings is 2. The van der Waals surface area contributed by atoms with Crippen LogP contribution < -0.4 is 4.74 Å². The molecule has 1 atom stereocenters. The molecule has 1 saturated carbocycles. The van der Waals surface area contributed by atoms with Gasteiger partial charge in [0.2, 0.25) is 5.91 Å². The van der Waals surface area contributed by atoms with E-state index in [2.05, 4.69) is 11.4 Å². The molecule has 2 aliphatic rings. The molecule has 1 aliphatic carbocycles. The highest BCUT2D eigenvalue weighted by Crippen LogP contribution is 2.35. The predicted molar refractivity (Wildman–Crippen MR) is 134 cm³/mol. The smallest absolute Gasteiger partial charge is 0.254 e. The van der Waals surface area contributed by atoms with E-state index in [0.717, 1.165) is 30.6 Å². The topological polar surface area (TPSA) is 49.9 Å². The van der Waals surface area contributed by atoms with Gasteiger partial charge in [-0.3, -0.25) is 9.59 Å². The first-order valence-electron chi connectivity index (χ1n) is 11.9. The molecular weight excluding hydrogens is 444 g/mol. The van der Waals surface area contributed by atoms with Crippen molar-refractivity contribution < 1.29 is 14.3 Å². The zero-order valence-corrected chi connectivity index (χ0v) is 20.5. The molecule has 0 spiro atoms. The van der Waals surface area contributed by atoms with Gasteiger partial charge in [0.05, 0.1) is 6.04 Å². The first-order valence-corrected chi connectivity index (χ1v) is 12.8. The van der Waals surface area contributed by atoms with Gasteiger partial charge in [0.25, 0.3) is 5.91 Å². The maximum Gasteiger partial charge on any atom is 0.254 e. The summed E-state index contributed by atoms with van der Waals surface area (Å²) in [6, 6.07) is 17.7. The summed E-state index contributed by atoms with van der Waals surface area (Å²) in [5.41, 5.74) is 3.97. The van der Waals surface area contributed by atoms with Crippen molar-refractivity contribution in [3.63, 3.8) is 0 Å². The third-order valence-corrected chi connectivity index (χ3v) is 7.77. The molecule has 176 valence electrons. The van der Waals surface area contributed by atoms with Crippen LogP contribution in [0.3, 0.4) is 0 Å². The number of amides is 2. The predicted octanol–water partition coefficient (Wildman–Crippen LogP) is 5.17. The van der Waals surface area contributed by atoms with E-state index >= 15 is 0 Å². The molecule has 2 aromatic carbocycles. The second kappa shape index (κ2) is 9.63. The average molecular weight is 475 g/mol. The fraction of sp³-hybridized carbons (Fsp3) is 0.357. The molecule has 2 amide bonds. The number of hydrogen-bond acceptors (Lipinski definition) is 4. The third-order valence-electron chi connectivity index (χ3n) is 6.77. The van der Waals surface area contributed by atoms with Gasteiger partial charge >= 0.3 is 0 Å². The standard InChI is InChI=1S/C28H30N2O3S/c1-19-7-11-22(12-8-19)33-18-25-24-14-16-34-26(24)13-15-29(25)27(31)17-30(21-9-10-21)28(32)23-6-4-3-5-20(23)2/h3-8,11-12,14,16,21,25H,9-10,13,15,17-18H2,1-2H3/t25-/m1/s1. The van der Waals surface area contributed by atoms with Gasteiger partial charge in [-0.2, -0.15) is 0 Å². The Morgan fingerprint density at radius 2 is 1.82 bits per heavy atom. The SMILES string of the molecule is Cc1ccc(OC[C@@H]2c3ccsc3CCN2C(=O)CN(C(=O)c2ccccc2C)C2CC2)cc1. The number of carbonyl (C=O) groups excluding carboxylic acids is 2. The molecule has 5 nitrogen and oxygen atoms in total. The lowest BCUT2D eigenvalue weighted by Gasteiger charge is -2.37. The quantitative estimate of drug-likeness (QED) is 0.474. The summed E-state index contributed by atoms with van der Waals surface area (Å²) in [5.74, 6) is 0.743. The fourth-order valence-corrected chi connectivity index (χ4v) is 5.57. The summed E-state index contributed by atoms with van der Waals surface area (Å²) in [6.45, 7) is 5.14. The normalized spacial score (nSPS) is 17.2. The Morgan fingerprint density at radius 1 is 1.06 bits per heavy atom. The number of ether oxygens (including phenoxy) is 1. The van der Waals surface area contributed by atoms with Gasteiger partial charge in [-0.1, -0.05) is 35.9 Å². The first kappa shape index (κ1) is 22.7. The van der Waals surface area contributed by atoms with Gasteiger partial charge in [0.1, 0.15) is 18.9 Å². The van der Waals surface area contributed by atoms with E-state index in [1.165, 1.54) is 16.0 Å². The molecule has 34 heavy (non-hydrogen) atoms. The summed E-state index contributed by atoms with van der Waals surface area (Å²) in [4.78, 5) is 32.0. The minimum atomic E-state index is -0.154. The zero-order chi connectivity index (χ0) is 23.7. The van der Waals surface area contributed by atoms with Crippen LogP contribution in [-0.4, -0.2) is 47.4 Å². The van der Waals surface area contributed by atoms with Gasteiger partial charge in [0, 0.05) is 23.0 Å². The van der Waals surface area contributed by atoms with Crippen molar-refractivity contribution in [3.8, 4) is 5.75 Å². The summed E-state index contributed by atoms with van der Waals surface area (Å²) in [7, 11) is 0. The highest BCUT2D eigenvalue weighted by atomic mass is 32.1. The first-order chi connectivity index (χ1) is 16.5. The van der Waals surface area contributed by atoms with Crippen molar-refractivity contribution in [2.75, 3.05) is 19.7 Å². The fourth-order valence-electron chi connectivity index (χ4n) is 4.64. The lowest BCUT2D eigenvalue weighted by atomic mass is 10.00. The lowest BCUT2D eigenvalue weighted by Crippen LogP contribution is -2.48. The third kappa shape index (κ3) is 4.73. The molecule has 5 rings (SSSR count). The van der Waals surface area contributed by atoms with Crippen molar-refractivity contribution in [2.24, 2.45) is 0 Å². The number of rotatable bonds is 7. The van der Waals surface area contributed by atoms with Crippen LogP contribution >= 0.6 is 11.3 Å². The van der Waals surface area contributed by atoms with Gasteiger partial charge in [-0.05, 0) is 73.9 Å². The molecule has 1 fully saturated rings. The second-order valence-corrected chi connectivity index (χ2v) is 10.3. The van der Waals surface area contributed by atoms with E-state index in [1.54, 1.807) is 16.2 Å². The Balaban J connectivity index is 1.34. The van der Waals surface area contributed by atoms with Gasteiger partial charge < -0.3 is 14.5 Å². The maximum absolute atomic E-state index is 13.6. The van der Waals surface area contributed by atoms with Crippen LogP contribution in [0.5, 0.6) is 5.75 Å². The average Bonchev–Trinajstić information content (AvgIpc) is 3.57. The highest BCUT2D eigenvalue weighted by molar-refractivity contribution is 7.10. The molecule has 1 aliphatic heterocycles. The van der Waals surface area contributed by atoms with Crippen molar-refractivity contribution in [2.45, 2.75) is 45.2 Å². The van der Waals surface area contributed by atoms with Crippen LogP contribution in [-0.2, 0) is 11.2 Å². The summed E-state index contributed by atoms with van der Waals surface area (Å²) >= 11 is 1.74. The van der Waals surface area contributed by atoms with E-state index in [0.29, 0.717) is 18.7 Å². The lowest BCUT2D eigenvalue weighted by molar-refractivity contribution is -0.135. The van der Waals surface area contributed by atoms with Crippen LogP contribution in [0.15, 0.2) is 60.0 Å². The molecule has 2 heterocycles. The molecule has 0 bridgehead atoms. The van der Waals surface area contributed by atoms with Crippen molar-refractivity contribution in [3.05, 3.63) is 87.1 Å². The number of hydrogen-bond donors (Lipinski definition) is 0. The Kier molecular flexibility index (Phi) is 6.42. The number of thiophene rings is 1. The summed E-state index contributed by atoms with van der Waals surface area (Å²) in [5, 5.41) is 2.09. The molecule has 1 aromatic heterocycles. The zero-order valence-electron chi connectivity index (χ0n) is 19.7. The van der Waals surface area contributed by atoms with Gasteiger partial charge in [-0.25, -0.2) is 0 Å². The van der Waals surface area contributed by atoms with Crippen LogP contribution in [0.4, 0.5) is 0 Å². The molecular formula is C28H30N2O3S. The van der Waals surface area contributed by atoms with Gasteiger partial charge in [0.15, 0.2) is 0 Å². The monoisotopic (exact) mass is 474 g/mol. The minimum Gasteiger partial charge on any atom is -0.491 e. The van der Waals surface area contributed by atoms with E-state index < -0.39 is 0 Å². The van der Waals surface area contributed by atoms with Crippen LogP contribution in [0.1, 0.15) is 50.8 Å². The van der Waals surface area contributed by atoms with Gasteiger partial charge in [-0.15, -0.1) is 11.3 Å². The van der Waals surface area contributed by atoms with E-state index in [1.807, 2.05) is 67.3 Å². The second-order valence-electron chi connectivity index (χ2n) is 9.26. The minimum absolute atomic E-state index is 0.0109. The highest BCUT2D eigenvalue weighted by Gasteiger charge is 2.38. The molecule has 6 heteroatoms. The number of nitrogens with zero attached hydrogens (tertiary/aromatic N) is 2. The molecule has 0 N–H and O–H groups in total. The Bertz CT molecular complexity index is 1180. The number of carbonyl (C=O) groups is 2. The summed E-state index contributed by atoms with van der Waals surface area (Å²) in [6.07, 6.45) is 2.76. The Morgan fingerprint density at radius 3 is 2.56 bits per heavy atom.